The number of rotatable bonds is 4. The van der Waals surface area contributed by atoms with Gasteiger partial charge in [0.05, 0.1) is 5.54 Å². The molecule has 1 atom stereocenters. The van der Waals surface area contributed by atoms with Gasteiger partial charge in [0.2, 0.25) is 5.91 Å². The average Bonchev–Trinajstić information content (AvgIpc) is 2.40. The molecule has 82 valence electrons. The number of amides is 1. The van der Waals surface area contributed by atoms with Gasteiger partial charge in [-0.05, 0) is 37.6 Å². The Balaban J connectivity index is 2.70. The van der Waals surface area contributed by atoms with Crippen LogP contribution < -0.4 is 11.1 Å². The van der Waals surface area contributed by atoms with Gasteiger partial charge in [0.1, 0.15) is 0 Å². The average molecular weight is 198 g/mol. The minimum atomic E-state index is -0.431. The number of primary amides is 1. The van der Waals surface area contributed by atoms with Gasteiger partial charge in [0, 0.05) is 0 Å². The van der Waals surface area contributed by atoms with Gasteiger partial charge in [-0.25, -0.2) is 0 Å². The fourth-order valence-electron chi connectivity index (χ4n) is 2.36. The summed E-state index contributed by atoms with van der Waals surface area (Å²) in [6, 6.07) is 0. The zero-order chi connectivity index (χ0) is 10.8. The van der Waals surface area contributed by atoms with E-state index in [-0.39, 0.29) is 11.3 Å². The molecule has 0 radical (unpaired) electrons. The fraction of sp³-hybridized carbons (Fsp3) is 0.909. The monoisotopic (exact) mass is 198 g/mol. The zero-order valence-corrected chi connectivity index (χ0v) is 9.52. The number of hydrogen-bond acceptors (Lipinski definition) is 2. The van der Waals surface area contributed by atoms with Gasteiger partial charge in [-0.1, -0.05) is 20.8 Å². The van der Waals surface area contributed by atoms with Crippen LogP contribution in [-0.4, -0.2) is 18.0 Å². The van der Waals surface area contributed by atoms with E-state index in [2.05, 4.69) is 26.1 Å². The standard InChI is InChI=1S/C11H22N2O/c1-4-7-13-11(9(12)14)6-5-10(2,3)8-11/h13H,4-8H2,1-3H3,(H2,12,14). The minimum Gasteiger partial charge on any atom is -0.368 e. The molecule has 0 aromatic heterocycles. The van der Waals surface area contributed by atoms with E-state index >= 15 is 0 Å². The van der Waals surface area contributed by atoms with Gasteiger partial charge in [0.15, 0.2) is 0 Å². The van der Waals surface area contributed by atoms with Crippen molar-refractivity contribution in [1.29, 1.82) is 0 Å². The predicted octanol–water partition coefficient (Wildman–Crippen LogP) is 1.42. The molecule has 1 fully saturated rings. The minimum absolute atomic E-state index is 0.184. The number of hydrogen-bond donors (Lipinski definition) is 2. The van der Waals surface area contributed by atoms with E-state index in [0.717, 1.165) is 32.2 Å². The first-order chi connectivity index (χ1) is 6.42. The third-order valence-electron chi connectivity index (χ3n) is 3.19. The summed E-state index contributed by atoms with van der Waals surface area (Å²) in [5, 5.41) is 3.33. The number of nitrogens with two attached hydrogens (primary N) is 1. The second-order valence-corrected chi connectivity index (χ2v) is 5.21. The van der Waals surface area contributed by atoms with Crippen molar-refractivity contribution in [2.45, 2.75) is 52.0 Å². The Labute approximate surface area is 86.4 Å². The van der Waals surface area contributed by atoms with Crippen molar-refractivity contribution in [3.05, 3.63) is 0 Å². The highest BCUT2D eigenvalue weighted by molar-refractivity contribution is 5.85. The Kier molecular flexibility index (Phi) is 3.20. The molecule has 1 rings (SSSR count). The van der Waals surface area contributed by atoms with Gasteiger partial charge in [-0.15, -0.1) is 0 Å². The summed E-state index contributed by atoms with van der Waals surface area (Å²) in [7, 11) is 0. The van der Waals surface area contributed by atoms with Crippen molar-refractivity contribution in [2.24, 2.45) is 11.1 Å². The predicted molar refractivity (Wildman–Crippen MR) is 57.9 cm³/mol. The summed E-state index contributed by atoms with van der Waals surface area (Å²) in [4.78, 5) is 11.5. The molecule has 0 aromatic carbocycles. The van der Waals surface area contributed by atoms with Gasteiger partial charge < -0.3 is 11.1 Å². The third kappa shape index (κ3) is 2.27. The van der Waals surface area contributed by atoms with E-state index in [9.17, 15) is 4.79 Å². The van der Waals surface area contributed by atoms with Crippen molar-refractivity contribution in [2.75, 3.05) is 6.54 Å². The van der Waals surface area contributed by atoms with Gasteiger partial charge in [0.25, 0.3) is 0 Å². The lowest BCUT2D eigenvalue weighted by molar-refractivity contribution is -0.124. The van der Waals surface area contributed by atoms with Gasteiger partial charge >= 0.3 is 0 Å². The molecular formula is C11H22N2O. The Morgan fingerprint density at radius 3 is 2.43 bits per heavy atom. The summed E-state index contributed by atoms with van der Waals surface area (Å²) >= 11 is 0. The molecule has 3 nitrogen and oxygen atoms in total. The van der Waals surface area contributed by atoms with E-state index in [1.807, 2.05) is 0 Å². The normalized spacial score (nSPS) is 30.5. The van der Waals surface area contributed by atoms with Crippen molar-refractivity contribution in [3.63, 3.8) is 0 Å². The zero-order valence-electron chi connectivity index (χ0n) is 9.52. The molecule has 1 amide bonds. The highest BCUT2D eigenvalue weighted by atomic mass is 16.1. The van der Waals surface area contributed by atoms with Crippen LogP contribution >= 0.6 is 0 Å². The molecule has 14 heavy (non-hydrogen) atoms. The number of carbonyl (C=O) groups is 1. The summed E-state index contributed by atoms with van der Waals surface area (Å²) < 4.78 is 0. The quantitative estimate of drug-likeness (QED) is 0.718. The van der Waals surface area contributed by atoms with E-state index in [4.69, 9.17) is 5.73 Å². The summed E-state index contributed by atoms with van der Waals surface area (Å²) in [6.07, 6.45) is 3.87. The molecule has 1 aliphatic carbocycles. The lowest BCUT2D eigenvalue weighted by Gasteiger charge is -2.28. The van der Waals surface area contributed by atoms with Crippen LogP contribution in [0.2, 0.25) is 0 Å². The molecule has 0 aromatic rings. The van der Waals surface area contributed by atoms with Crippen LogP contribution in [0.5, 0.6) is 0 Å². The van der Waals surface area contributed by atoms with E-state index in [1.54, 1.807) is 0 Å². The maximum absolute atomic E-state index is 11.5. The molecule has 1 unspecified atom stereocenters. The van der Waals surface area contributed by atoms with Crippen molar-refractivity contribution >= 4 is 5.91 Å². The smallest absolute Gasteiger partial charge is 0.237 e. The van der Waals surface area contributed by atoms with Crippen LogP contribution in [0.4, 0.5) is 0 Å². The van der Waals surface area contributed by atoms with Gasteiger partial charge in [-0.2, -0.15) is 0 Å². The van der Waals surface area contributed by atoms with Crippen molar-refractivity contribution < 1.29 is 4.79 Å². The number of carbonyl (C=O) groups excluding carboxylic acids is 1. The Hall–Kier alpha value is -0.570. The molecule has 1 saturated carbocycles. The van der Waals surface area contributed by atoms with E-state index < -0.39 is 5.54 Å². The lowest BCUT2D eigenvalue weighted by Crippen LogP contribution is -2.54. The molecule has 3 heteroatoms. The molecular weight excluding hydrogens is 176 g/mol. The largest absolute Gasteiger partial charge is 0.368 e. The molecule has 0 heterocycles. The summed E-state index contributed by atoms with van der Waals surface area (Å²) in [5.41, 5.74) is 5.31. The first kappa shape index (κ1) is 11.5. The molecule has 0 spiro atoms. The SMILES string of the molecule is CCCNC1(C(N)=O)CCC(C)(C)C1. The van der Waals surface area contributed by atoms with E-state index in [0.29, 0.717) is 0 Å². The van der Waals surface area contributed by atoms with Crippen LogP contribution in [0, 0.1) is 5.41 Å². The molecule has 0 saturated heterocycles. The Bertz CT molecular complexity index is 225. The number of nitrogens with one attached hydrogen (secondary N) is 1. The first-order valence-electron chi connectivity index (χ1n) is 5.47. The second kappa shape index (κ2) is 3.89. The lowest BCUT2D eigenvalue weighted by atomic mass is 9.87. The Morgan fingerprint density at radius 1 is 1.43 bits per heavy atom. The highest BCUT2D eigenvalue weighted by Crippen LogP contribution is 2.43. The molecule has 0 bridgehead atoms. The van der Waals surface area contributed by atoms with Crippen LogP contribution in [0.3, 0.4) is 0 Å². The van der Waals surface area contributed by atoms with Crippen molar-refractivity contribution in [1.82, 2.24) is 5.32 Å². The Morgan fingerprint density at radius 2 is 2.07 bits per heavy atom. The first-order valence-corrected chi connectivity index (χ1v) is 5.47. The van der Waals surface area contributed by atoms with Gasteiger partial charge in [-0.3, -0.25) is 4.79 Å². The second-order valence-electron chi connectivity index (χ2n) is 5.21. The van der Waals surface area contributed by atoms with Crippen molar-refractivity contribution in [3.8, 4) is 0 Å². The molecule has 1 aliphatic rings. The highest BCUT2D eigenvalue weighted by Gasteiger charge is 2.46. The van der Waals surface area contributed by atoms with Crippen LogP contribution in [0.1, 0.15) is 46.5 Å². The maximum Gasteiger partial charge on any atom is 0.237 e. The van der Waals surface area contributed by atoms with Crippen LogP contribution in [-0.2, 0) is 4.79 Å². The molecule has 3 N–H and O–H groups in total. The summed E-state index contributed by atoms with van der Waals surface area (Å²) in [6.45, 7) is 7.37. The third-order valence-corrected chi connectivity index (χ3v) is 3.19. The maximum atomic E-state index is 11.5. The fourth-order valence-corrected chi connectivity index (χ4v) is 2.36. The van der Waals surface area contributed by atoms with Crippen LogP contribution in [0.15, 0.2) is 0 Å². The molecule has 0 aliphatic heterocycles. The summed E-state index contributed by atoms with van der Waals surface area (Å²) in [5.74, 6) is -0.184. The topological polar surface area (TPSA) is 55.1 Å². The van der Waals surface area contributed by atoms with E-state index in [1.165, 1.54) is 0 Å². The van der Waals surface area contributed by atoms with Crippen LogP contribution in [0.25, 0.3) is 0 Å².